The minimum atomic E-state index is -0.365. The number of benzene rings is 1. The number of carbonyl (C=O) groups is 3. The van der Waals surface area contributed by atoms with Gasteiger partial charge in [-0.3, -0.25) is 14.5 Å². The molecule has 2 saturated heterocycles. The Morgan fingerprint density at radius 3 is 2.46 bits per heavy atom. The molecule has 4 amide bonds. The van der Waals surface area contributed by atoms with Crippen LogP contribution in [0, 0.1) is 5.92 Å². The molecule has 2 heterocycles. The SMILES string of the molecule is CCNCC1CCN(C(=O)c2ccc(CN3C(=O)CNC3=O)cc2)CC1. The number of urea groups is 1. The van der Waals surface area contributed by atoms with Crippen molar-refractivity contribution in [1.82, 2.24) is 20.4 Å². The Labute approximate surface area is 153 Å². The topological polar surface area (TPSA) is 81.8 Å². The highest BCUT2D eigenvalue weighted by Gasteiger charge is 2.28. The van der Waals surface area contributed by atoms with Gasteiger partial charge < -0.3 is 15.5 Å². The lowest BCUT2D eigenvalue weighted by molar-refractivity contribution is -0.125. The standard InChI is InChI=1S/C19H26N4O3/c1-2-20-11-14-7-9-22(10-8-14)18(25)16-5-3-15(4-6-16)13-23-17(24)12-21-19(23)26/h3-6,14,20H,2,7-13H2,1H3,(H,21,26). The van der Waals surface area contributed by atoms with Crippen LogP contribution < -0.4 is 10.6 Å². The molecule has 2 aliphatic heterocycles. The highest BCUT2D eigenvalue weighted by atomic mass is 16.2. The van der Waals surface area contributed by atoms with Crippen LogP contribution in [-0.4, -0.2) is 60.4 Å². The maximum absolute atomic E-state index is 12.7. The second kappa shape index (κ2) is 8.31. The summed E-state index contributed by atoms with van der Waals surface area (Å²) in [5.74, 6) is 0.467. The molecule has 7 nitrogen and oxygen atoms in total. The second-order valence-corrected chi connectivity index (χ2v) is 6.88. The molecule has 1 aromatic carbocycles. The summed E-state index contributed by atoms with van der Waals surface area (Å²) in [6.07, 6.45) is 2.06. The van der Waals surface area contributed by atoms with Crippen molar-refractivity contribution in [3.8, 4) is 0 Å². The first kappa shape index (κ1) is 18.4. The molecule has 0 unspecified atom stereocenters. The summed E-state index contributed by atoms with van der Waals surface area (Å²) in [7, 11) is 0. The zero-order valence-corrected chi connectivity index (χ0v) is 15.2. The number of carbonyl (C=O) groups excluding carboxylic acids is 3. The van der Waals surface area contributed by atoms with Crippen molar-refractivity contribution in [2.24, 2.45) is 5.92 Å². The molecule has 2 N–H and O–H groups in total. The smallest absolute Gasteiger partial charge is 0.324 e. The van der Waals surface area contributed by atoms with Gasteiger partial charge in [-0.1, -0.05) is 19.1 Å². The van der Waals surface area contributed by atoms with Gasteiger partial charge >= 0.3 is 6.03 Å². The van der Waals surface area contributed by atoms with Crippen LogP contribution in [0.25, 0.3) is 0 Å². The Morgan fingerprint density at radius 2 is 1.88 bits per heavy atom. The number of hydrogen-bond acceptors (Lipinski definition) is 4. The fraction of sp³-hybridized carbons (Fsp3) is 0.526. The van der Waals surface area contributed by atoms with E-state index in [9.17, 15) is 14.4 Å². The molecule has 1 aromatic rings. The zero-order chi connectivity index (χ0) is 18.5. The van der Waals surface area contributed by atoms with E-state index < -0.39 is 0 Å². The highest BCUT2D eigenvalue weighted by Crippen LogP contribution is 2.19. The van der Waals surface area contributed by atoms with Gasteiger partial charge in [-0.15, -0.1) is 0 Å². The summed E-state index contributed by atoms with van der Waals surface area (Å²) >= 11 is 0. The van der Waals surface area contributed by atoms with E-state index in [4.69, 9.17) is 0 Å². The van der Waals surface area contributed by atoms with Crippen molar-refractivity contribution in [3.63, 3.8) is 0 Å². The fourth-order valence-corrected chi connectivity index (χ4v) is 3.42. The first-order valence-electron chi connectivity index (χ1n) is 9.25. The molecule has 0 radical (unpaired) electrons. The van der Waals surface area contributed by atoms with E-state index in [2.05, 4.69) is 17.6 Å². The minimum Gasteiger partial charge on any atom is -0.339 e. The van der Waals surface area contributed by atoms with E-state index in [0.29, 0.717) is 11.5 Å². The molecule has 2 aliphatic rings. The van der Waals surface area contributed by atoms with E-state index in [-0.39, 0.29) is 30.9 Å². The van der Waals surface area contributed by atoms with Crippen molar-refractivity contribution >= 4 is 17.8 Å². The first-order chi connectivity index (χ1) is 12.6. The molecule has 0 spiro atoms. The van der Waals surface area contributed by atoms with Crippen LogP contribution in [0.5, 0.6) is 0 Å². The van der Waals surface area contributed by atoms with E-state index in [0.717, 1.165) is 44.6 Å². The third kappa shape index (κ3) is 4.22. The number of nitrogens with one attached hydrogen (secondary N) is 2. The summed E-state index contributed by atoms with van der Waals surface area (Å²) in [6.45, 7) is 5.98. The number of rotatable bonds is 6. The van der Waals surface area contributed by atoms with Crippen LogP contribution in [0.1, 0.15) is 35.7 Å². The fourth-order valence-electron chi connectivity index (χ4n) is 3.42. The summed E-state index contributed by atoms with van der Waals surface area (Å²) < 4.78 is 0. The van der Waals surface area contributed by atoms with Crippen LogP contribution in [0.2, 0.25) is 0 Å². The van der Waals surface area contributed by atoms with E-state index in [1.165, 1.54) is 4.90 Å². The van der Waals surface area contributed by atoms with Crippen LogP contribution in [-0.2, 0) is 11.3 Å². The lowest BCUT2D eigenvalue weighted by atomic mass is 9.96. The molecule has 3 rings (SSSR count). The Morgan fingerprint density at radius 1 is 1.19 bits per heavy atom. The van der Waals surface area contributed by atoms with Gasteiger partial charge in [-0.05, 0) is 49.5 Å². The van der Waals surface area contributed by atoms with Crippen LogP contribution in [0.4, 0.5) is 4.79 Å². The summed E-state index contributed by atoms with van der Waals surface area (Å²) in [4.78, 5) is 39.0. The predicted molar refractivity (Wildman–Crippen MR) is 97.6 cm³/mol. The van der Waals surface area contributed by atoms with Crippen LogP contribution in [0.3, 0.4) is 0 Å². The predicted octanol–water partition coefficient (Wildman–Crippen LogP) is 1.20. The first-order valence-corrected chi connectivity index (χ1v) is 9.25. The molecule has 26 heavy (non-hydrogen) atoms. The van der Waals surface area contributed by atoms with Crippen molar-refractivity contribution in [2.75, 3.05) is 32.7 Å². The van der Waals surface area contributed by atoms with Gasteiger partial charge in [0, 0.05) is 18.7 Å². The average Bonchev–Trinajstić information content (AvgIpc) is 2.99. The lowest BCUT2D eigenvalue weighted by Crippen LogP contribution is -2.40. The van der Waals surface area contributed by atoms with E-state index in [1.807, 2.05) is 17.0 Å². The van der Waals surface area contributed by atoms with E-state index >= 15 is 0 Å². The third-order valence-corrected chi connectivity index (χ3v) is 5.06. The molecule has 0 aliphatic carbocycles. The quantitative estimate of drug-likeness (QED) is 0.749. The van der Waals surface area contributed by atoms with Crippen molar-refractivity contribution < 1.29 is 14.4 Å². The molecule has 0 aromatic heterocycles. The van der Waals surface area contributed by atoms with Gasteiger partial charge in [0.15, 0.2) is 0 Å². The highest BCUT2D eigenvalue weighted by molar-refractivity contribution is 6.01. The monoisotopic (exact) mass is 358 g/mol. The van der Waals surface area contributed by atoms with Gasteiger partial charge in [0.2, 0.25) is 5.91 Å². The molecule has 0 saturated carbocycles. The molecule has 0 atom stereocenters. The van der Waals surface area contributed by atoms with Gasteiger partial charge in [-0.2, -0.15) is 0 Å². The molecular weight excluding hydrogens is 332 g/mol. The number of amides is 4. The third-order valence-electron chi connectivity index (χ3n) is 5.06. The summed E-state index contributed by atoms with van der Waals surface area (Å²) in [6, 6.07) is 6.81. The number of piperidine rings is 1. The largest absolute Gasteiger partial charge is 0.339 e. The molecule has 0 bridgehead atoms. The van der Waals surface area contributed by atoms with Gasteiger partial charge in [0.05, 0.1) is 13.1 Å². The van der Waals surface area contributed by atoms with Crippen LogP contribution in [0.15, 0.2) is 24.3 Å². The van der Waals surface area contributed by atoms with Gasteiger partial charge in [0.1, 0.15) is 0 Å². The number of hydrogen-bond donors (Lipinski definition) is 2. The molecule has 2 fully saturated rings. The van der Waals surface area contributed by atoms with E-state index in [1.54, 1.807) is 12.1 Å². The molecular formula is C19H26N4O3. The van der Waals surface area contributed by atoms with Gasteiger partial charge in [0.25, 0.3) is 5.91 Å². The summed E-state index contributed by atoms with van der Waals surface area (Å²) in [5, 5.41) is 5.88. The van der Waals surface area contributed by atoms with Crippen molar-refractivity contribution in [3.05, 3.63) is 35.4 Å². The van der Waals surface area contributed by atoms with Crippen molar-refractivity contribution in [2.45, 2.75) is 26.3 Å². The molecule has 140 valence electrons. The zero-order valence-electron chi connectivity index (χ0n) is 15.2. The Kier molecular flexibility index (Phi) is 5.88. The lowest BCUT2D eigenvalue weighted by Gasteiger charge is -2.32. The number of likely N-dealkylation sites (tertiary alicyclic amines) is 1. The minimum absolute atomic E-state index is 0.0495. The Bertz CT molecular complexity index is 650. The Balaban J connectivity index is 1.54. The van der Waals surface area contributed by atoms with Crippen molar-refractivity contribution in [1.29, 1.82) is 0 Å². The number of imide groups is 1. The normalized spacial score (nSPS) is 18.3. The Hall–Kier alpha value is -2.41. The summed E-state index contributed by atoms with van der Waals surface area (Å²) in [5.41, 5.74) is 1.48. The maximum atomic E-state index is 12.7. The average molecular weight is 358 g/mol. The number of nitrogens with zero attached hydrogens (tertiary/aromatic N) is 2. The second-order valence-electron chi connectivity index (χ2n) is 6.88. The molecule has 7 heteroatoms. The van der Waals surface area contributed by atoms with Crippen LogP contribution >= 0.6 is 0 Å². The van der Waals surface area contributed by atoms with Gasteiger partial charge in [-0.25, -0.2) is 4.79 Å². The maximum Gasteiger partial charge on any atom is 0.324 e.